The minimum absolute atomic E-state index is 0.448. The Balaban J connectivity index is 2.68. The molecule has 3 N–H and O–H groups in total. The minimum Gasteiger partial charge on any atom is -0.383 e. The molecule has 1 aromatic heterocycles. The second-order valence-electron chi connectivity index (χ2n) is 5.25. The first kappa shape index (κ1) is 14.3. The highest BCUT2D eigenvalue weighted by Crippen LogP contribution is 2.27. The number of likely N-dealkylation sites (N-methyl/N-ethyl adjacent to an activating group) is 1. The summed E-state index contributed by atoms with van der Waals surface area (Å²) in [7, 11) is 4.20. The third-order valence-corrected chi connectivity index (χ3v) is 3.53. The number of rotatable bonds is 6. The van der Waals surface area contributed by atoms with Crippen LogP contribution in [0.15, 0.2) is 0 Å². The summed E-state index contributed by atoms with van der Waals surface area (Å²) in [6.07, 6.45) is 1.15. The van der Waals surface area contributed by atoms with E-state index >= 15 is 0 Å². The van der Waals surface area contributed by atoms with E-state index in [2.05, 4.69) is 42.5 Å². The number of nitrogens with zero attached hydrogens (tertiary/aromatic N) is 2. The summed E-state index contributed by atoms with van der Waals surface area (Å²) in [5, 5.41) is 4.67. The smallest absolute Gasteiger partial charge is 0.142 e. The fourth-order valence-electron chi connectivity index (χ4n) is 1.86. The average molecular weight is 256 g/mol. The highest BCUT2D eigenvalue weighted by molar-refractivity contribution is 7.10. The van der Waals surface area contributed by atoms with Crippen molar-refractivity contribution in [3.05, 3.63) is 5.56 Å². The van der Waals surface area contributed by atoms with Gasteiger partial charge in [0, 0.05) is 18.2 Å². The van der Waals surface area contributed by atoms with E-state index in [1.54, 1.807) is 0 Å². The molecule has 1 rings (SSSR count). The van der Waals surface area contributed by atoms with E-state index in [0.29, 0.717) is 17.8 Å². The third-order valence-electron chi connectivity index (χ3n) is 2.64. The van der Waals surface area contributed by atoms with Gasteiger partial charge in [-0.25, -0.2) is 0 Å². The molecule has 0 bridgehead atoms. The highest BCUT2D eigenvalue weighted by Gasteiger charge is 2.15. The van der Waals surface area contributed by atoms with Gasteiger partial charge < -0.3 is 16.0 Å². The van der Waals surface area contributed by atoms with Gasteiger partial charge in [0.2, 0.25) is 0 Å². The number of nitrogen functional groups attached to an aromatic ring is 1. The monoisotopic (exact) mass is 256 g/mol. The minimum atomic E-state index is 0.448. The van der Waals surface area contributed by atoms with E-state index in [-0.39, 0.29) is 0 Å². The van der Waals surface area contributed by atoms with Crippen LogP contribution in [-0.4, -0.2) is 36.0 Å². The lowest BCUT2D eigenvalue weighted by atomic mass is 10.0. The lowest BCUT2D eigenvalue weighted by Gasteiger charge is -2.24. The summed E-state index contributed by atoms with van der Waals surface area (Å²) in [5.41, 5.74) is 6.84. The van der Waals surface area contributed by atoms with Gasteiger partial charge in [-0.3, -0.25) is 0 Å². The summed E-state index contributed by atoms with van der Waals surface area (Å²) >= 11 is 1.45. The maximum absolute atomic E-state index is 5.77. The van der Waals surface area contributed by atoms with E-state index in [9.17, 15) is 0 Å². The first-order valence-electron chi connectivity index (χ1n) is 6.03. The molecule has 0 saturated heterocycles. The Morgan fingerprint density at radius 3 is 2.47 bits per heavy atom. The number of nitrogens with one attached hydrogen (secondary N) is 1. The van der Waals surface area contributed by atoms with Crippen LogP contribution < -0.4 is 11.1 Å². The zero-order valence-corrected chi connectivity index (χ0v) is 12.3. The molecule has 4 nitrogen and oxygen atoms in total. The van der Waals surface area contributed by atoms with Crippen molar-refractivity contribution in [3.8, 4) is 0 Å². The van der Waals surface area contributed by atoms with Crippen LogP contribution in [0.1, 0.15) is 25.8 Å². The third kappa shape index (κ3) is 4.52. The number of hydrogen-bond acceptors (Lipinski definition) is 5. The van der Waals surface area contributed by atoms with E-state index in [0.717, 1.165) is 23.5 Å². The summed E-state index contributed by atoms with van der Waals surface area (Å²) in [5.74, 6) is 1.32. The molecule has 1 heterocycles. The molecule has 0 saturated carbocycles. The predicted molar refractivity (Wildman–Crippen MR) is 76.7 cm³/mol. The van der Waals surface area contributed by atoms with Gasteiger partial charge in [0.15, 0.2) is 0 Å². The molecular weight excluding hydrogens is 232 g/mol. The summed E-state index contributed by atoms with van der Waals surface area (Å²) < 4.78 is 4.17. The molecule has 0 fully saturated rings. The normalized spacial score (nSPS) is 13.4. The van der Waals surface area contributed by atoms with Gasteiger partial charge in [-0.2, -0.15) is 4.37 Å². The predicted octanol–water partition coefficient (Wildman–Crippen LogP) is 2.42. The lowest BCUT2D eigenvalue weighted by Crippen LogP contribution is -2.33. The standard InChI is InChI=1S/C12H24N4S/c1-8(2)6-10(7-16(4)5)14-12-9(3)11(13)15-17-12/h8,10,14H,6-7H2,1-5H3,(H2,13,15). The molecule has 0 spiro atoms. The molecule has 5 heteroatoms. The molecular formula is C12H24N4S. The van der Waals surface area contributed by atoms with Gasteiger partial charge in [-0.1, -0.05) is 13.8 Å². The molecule has 1 aromatic rings. The van der Waals surface area contributed by atoms with Crippen molar-refractivity contribution in [2.75, 3.05) is 31.7 Å². The van der Waals surface area contributed by atoms with Crippen LogP contribution in [0.2, 0.25) is 0 Å². The van der Waals surface area contributed by atoms with E-state index in [4.69, 9.17) is 5.73 Å². The van der Waals surface area contributed by atoms with Crippen molar-refractivity contribution in [2.24, 2.45) is 5.92 Å². The number of hydrogen-bond donors (Lipinski definition) is 2. The Morgan fingerprint density at radius 1 is 1.41 bits per heavy atom. The molecule has 0 aliphatic heterocycles. The highest BCUT2D eigenvalue weighted by atomic mass is 32.1. The van der Waals surface area contributed by atoms with Gasteiger partial charge in [0.05, 0.1) is 0 Å². The molecule has 17 heavy (non-hydrogen) atoms. The number of aromatic nitrogens is 1. The fourth-order valence-corrected chi connectivity index (χ4v) is 2.64. The summed E-state index contributed by atoms with van der Waals surface area (Å²) in [4.78, 5) is 2.21. The molecule has 0 radical (unpaired) electrons. The van der Waals surface area contributed by atoms with Gasteiger partial charge >= 0.3 is 0 Å². The molecule has 0 amide bonds. The van der Waals surface area contributed by atoms with Crippen LogP contribution in [0, 0.1) is 12.8 Å². The van der Waals surface area contributed by atoms with Crippen molar-refractivity contribution in [2.45, 2.75) is 33.2 Å². The number of nitrogens with two attached hydrogens (primary N) is 1. The van der Waals surface area contributed by atoms with Crippen LogP contribution in [-0.2, 0) is 0 Å². The van der Waals surface area contributed by atoms with Crippen LogP contribution in [0.4, 0.5) is 10.8 Å². The second kappa shape index (κ2) is 6.21. The van der Waals surface area contributed by atoms with Crippen molar-refractivity contribution >= 4 is 22.4 Å². The van der Waals surface area contributed by atoms with Gasteiger partial charge in [0.1, 0.15) is 10.8 Å². The van der Waals surface area contributed by atoms with Crippen LogP contribution in [0.5, 0.6) is 0 Å². The van der Waals surface area contributed by atoms with E-state index in [1.165, 1.54) is 11.5 Å². The Hall–Kier alpha value is -0.810. The molecule has 1 unspecified atom stereocenters. The maximum Gasteiger partial charge on any atom is 0.142 e. The average Bonchev–Trinajstić information content (AvgIpc) is 2.47. The Bertz CT molecular complexity index is 336. The molecule has 98 valence electrons. The van der Waals surface area contributed by atoms with E-state index in [1.807, 2.05) is 6.92 Å². The fraction of sp³-hybridized carbons (Fsp3) is 0.750. The van der Waals surface area contributed by atoms with Crippen molar-refractivity contribution in [3.63, 3.8) is 0 Å². The lowest BCUT2D eigenvalue weighted by molar-refractivity contribution is 0.356. The quantitative estimate of drug-likeness (QED) is 0.821. The van der Waals surface area contributed by atoms with Gasteiger partial charge in [0.25, 0.3) is 0 Å². The van der Waals surface area contributed by atoms with E-state index < -0.39 is 0 Å². The number of anilines is 2. The first-order valence-corrected chi connectivity index (χ1v) is 6.80. The molecule has 1 atom stereocenters. The Labute approximate surface area is 108 Å². The van der Waals surface area contributed by atoms with Crippen LogP contribution >= 0.6 is 11.5 Å². The topological polar surface area (TPSA) is 54.2 Å². The van der Waals surface area contributed by atoms with Gasteiger partial charge in [-0.15, -0.1) is 0 Å². The molecule has 0 aliphatic rings. The largest absolute Gasteiger partial charge is 0.383 e. The first-order chi connectivity index (χ1) is 7.90. The van der Waals surface area contributed by atoms with Crippen molar-refractivity contribution in [1.82, 2.24) is 9.27 Å². The van der Waals surface area contributed by atoms with Crippen LogP contribution in [0.25, 0.3) is 0 Å². The summed E-state index contributed by atoms with van der Waals surface area (Å²) in [6, 6.07) is 0.448. The second-order valence-corrected chi connectivity index (χ2v) is 6.03. The van der Waals surface area contributed by atoms with Crippen LogP contribution in [0.3, 0.4) is 0 Å². The molecule has 0 aliphatic carbocycles. The Kier molecular flexibility index (Phi) is 5.21. The summed E-state index contributed by atoms with van der Waals surface area (Å²) in [6.45, 7) is 7.54. The maximum atomic E-state index is 5.77. The van der Waals surface area contributed by atoms with Gasteiger partial charge in [-0.05, 0) is 44.9 Å². The zero-order valence-electron chi connectivity index (χ0n) is 11.4. The SMILES string of the molecule is Cc1c(N)nsc1NC(CC(C)C)CN(C)C. The zero-order chi connectivity index (χ0) is 13.0. The molecule has 0 aromatic carbocycles. The Morgan fingerprint density at radius 2 is 2.06 bits per heavy atom. The van der Waals surface area contributed by atoms with Crippen molar-refractivity contribution in [1.29, 1.82) is 0 Å². The van der Waals surface area contributed by atoms with Crippen molar-refractivity contribution < 1.29 is 0 Å².